The summed E-state index contributed by atoms with van der Waals surface area (Å²) < 4.78 is 5.68. The number of fused-ring (bicyclic) bond motifs is 1. The van der Waals surface area contributed by atoms with Crippen LogP contribution in [0.5, 0.6) is 5.75 Å². The van der Waals surface area contributed by atoms with E-state index in [4.69, 9.17) is 4.74 Å². The Hall–Kier alpha value is -1.59. The van der Waals surface area contributed by atoms with E-state index in [0.29, 0.717) is 13.2 Å². The van der Waals surface area contributed by atoms with Gasteiger partial charge in [-0.1, -0.05) is 31.0 Å². The van der Waals surface area contributed by atoms with Crippen LogP contribution in [0, 0.1) is 0 Å². The first kappa shape index (κ1) is 16.9. The molecule has 1 aromatic rings. The second-order valence-corrected chi connectivity index (χ2v) is 7.55. The minimum absolute atomic E-state index is 0.0808. The van der Waals surface area contributed by atoms with Crippen molar-refractivity contribution in [2.75, 3.05) is 39.3 Å². The van der Waals surface area contributed by atoms with E-state index in [1.807, 2.05) is 18.2 Å². The largest absolute Gasteiger partial charge is 0.493 e. The molecular weight excluding hydrogens is 314 g/mol. The summed E-state index contributed by atoms with van der Waals surface area (Å²) in [5, 5.41) is 3.21. The van der Waals surface area contributed by atoms with E-state index < -0.39 is 0 Å². The second kappa shape index (κ2) is 7.75. The topological polar surface area (TPSA) is 44.8 Å². The smallest absolute Gasteiger partial charge is 0.234 e. The lowest BCUT2D eigenvalue weighted by Gasteiger charge is -2.38. The molecule has 1 saturated heterocycles. The first-order chi connectivity index (χ1) is 12.3. The second-order valence-electron chi connectivity index (χ2n) is 7.55. The van der Waals surface area contributed by atoms with Crippen LogP contribution in [0.15, 0.2) is 24.3 Å². The molecule has 1 amide bonds. The Morgan fingerprint density at radius 2 is 1.84 bits per heavy atom. The van der Waals surface area contributed by atoms with Crippen LogP contribution in [-0.2, 0) is 4.79 Å². The highest BCUT2D eigenvalue weighted by atomic mass is 16.5. The Bertz CT molecular complexity index is 592. The van der Waals surface area contributed by atoms with Crippen LogP contribution in [0.4, 0.5) is 0 Å². The summed E-state index contributed by atoms with van der Waals surface area (Å²) in [4.78, 5) is 17.5. The molecule has 0 aromatic heterocycles. The Morgan fingerprint density at radius 3 is 2.64 bits per heavy atom. The van der Waals surface area contributed by atoms with E-state index in [1.54, 1.807) is 0 Å². The van der Waals surface area contributed by atoms with E-state index in [-0.39, 0.29) is 11.9 Å². The van der Waals surface area contributed by atoms with Gasteiger partial charge in [0.2, 0.25) is 5.91 Å². The average molecular weight is 343 g/mol. The lowest BCUT2D eigenvalue weighted by atomic mass is 10.0. The molecule has 1 saturated carbocycles. The van der Waals surface area contributed by atoms with Crippen LogP contribution in [0.25, 0.3) is 0 Å². The number of benzene rings is 1. The number of carbonyl (C=O) groups is 1. The first-order valence-corrected chi connectivity index (χ1v) is 9.77. The average Bonchev–Trinajstić information content (AvgIpc) is 3.17. The van der Waals surface area contributed by atoms with Crippen LogP contribution < -0.4 is 10.1 Å². The number of ether oxygens (including phenoxy) is 1. The van der Waals surface area contributed by atoms with Crippen LogP contribution >= 0.6 is 0 Å². The van der Waals surface area contributed by atoms with Gasteiger partial charge in [-0.2, -0.15) is 0 Å². The number of amides is 1. The van der Waals surface area contributed by atoms with Gasteiger partial charge < -0.3 is 10.1 Å². The number of nitrogens with zero attached hydrogens (tertiary/aromatic N) is 2. The number of carbonyl (C=O) groups excluding carboxylic acids is 1. The lowest BCUT2D eigenvalue weighted by molar-refractivity contribution is -0.123. The molecule has 1 aromatic carbocycles. The first-order valence-electron chi connectivity index (χ1n) is 9.77. The van der Waals surface area contributed by atoms with E-state index in [9.17, 15) is 4.79 Å². The van der Waals surface area contributed by atoms with Crippen LogP contribution in [0.1, 0.15) is 43.7 Å². The summed E-state index contributed by atoms with van der Waals surface area (Å²) >= 11 is 0. The Morgan fingerprint density at radius 1 is 1.08 bits per heavy atom. The zero-order chi connectivity index (χ0) is 17.1. The summed E-state index contributed by atoms with van der Waals surface area (Å²) in [5.74, 6) is 1.04. The maximum Gasteiger partial charge on any atom is 0.234 e. The van der Waals surface area contributed by atoms with Gasteiger partial charge in [-0.15, -0.1) is 0 Å². The summed E-state index contributed by atoms with van der Waals surface area (Å²) in [6.45, 7) is 5.42. The molecule has 2 fully saturated rings. The molecule has 0 bridgehead atoms. The number of nitrogens with one attached hydrogen (secondary N) is 1. The number of hydrogen-bond acceptors (Lipinski definition) is 4. The van der Waals surface area contributed by atoms with Crippen LogP contribution in [-0.4, -0.2) is 61.1 Å². The van der Waals surface area contributed by atoms with Gasteiger partial charge in [0.1, 0.15) is 5.75 Å². The van der Waals surface area contributed by atoms with Gasteiger partial charge in [0.05, 0.1) is 19.2 Å². The normalized spacial score (nSPS) is 25.4. The predicted octanol–water partition coefficient (Wildman–Crippen LogP) is 2.19. The molecule has 1 unspecified atom stereocenters. The van der Waals surface area contributed by atoms with Gasteiger partial charge in [0.15, 0.2) is 0 Å². The molecule has 2 aliphatic heterocycles. The zero-order valence-electron chi connectivity index (χ0n) is 15.0. The molecule has 1 N–H and O–H groups in total. The molecule has 1 aliphatic carbocycles. The number of para-hydroxylation sites is 1. The molecule has 4 rings (SSSR count). The van der Waals surface area contributed by atoms with Gasteiger partial charge in [-0.05, 0) is 18.9 Å². The molecular formula is C20H29N3O2. The molecule has 3 aliphatic rings. The molecule has 1 atom stereocenters. The summed E-state index contributed by atoms with van der Waals surface area (Å²) in [7, 11) is 0. The molecule has 0 spiro atoms. The maximum absolute atomic E-state index is 12.5. The molecule has 5 nitrogen and oxygen atoms in total. The van der Waals surface area contributed by atoms with Gasteiger partial charge >= 0.3 is 0 Å². The molecule has 2 heterocycles. The van der Waals surface area contributed by atoms with E-state index in [0.717, 1.165) is 50.0 Å². The van der Waals surface area contributed by atoms with E-state index in [1.165, 1.54) is 25.7 Å². The maximum atomic E-state index is 12.5. The van der Waals surface area contributed by atoms with Gasteiger partial charge in [-0.25, -0.2) is 0 Å². The van der Waals surface area contributed by atoms with Crippen LogP contribution in [0.3, 0.4) is 0 Å². The molecule has 0 radical (unpaired) electrons. The van der Waals surface area contributed by atoms with Crippen molar-refractivity contribution >= 4 is 5.91 Å². The van der Waals surface area contributed by atoms with Crippen molar-refractivity contribution in [2.24, 2.45) is 0 Å². The standard InChI is InChI=1S/C20H29N3O2/c24-20(21-18-9-14-25-19-8-4-3-7-17(18)19)15-22-10-12-23(13-11-22)16-5-1-2-6-16/h3-4,7-8,16,18H,1-2,5-6,9-15H2,(H,21,24). The SMILES string of the molecule is O=C(CN1CCN(C2CCCC2)CC1)NC1CCOc2ccccc21. The fraction of sp³-hybridized carbons (Fsp3) is 0.650. The third-order valence-corrected chi connectivity index (χ3v) is 5.91. The van der Waals surface area contributed by atoms with Crippen molar-refractivity contribution in [3.8, 4) is 5.75 Å². The molecule has 136 valence electrons. The third-order valence-electron chi connectivity index (χ3n) is 5.91. The highest BCUT2D eigenvalue weighted by Crippen LogP contribution is 2.31. The van der Waals surface area contributed by atoms with Crippen LogP contribution in [0.2, 0.25) is 0 Å². The van der Waals surface area contributed by atoms with Crippen molar-refractivity contribution in [3.63, 3.8) is 0 Å². The minimum atomic E-state index is 0.0808. The summed E-state index contributed by atoms with van der Waals surface area (Å²) in [5.41, 5.74) is 1.10. The van der Waals surface area contributed by atoms with E-state index in [2.05, 4.69) is 21.2 Å². The zero-order valence-corrected chi connectivity index (χ0v) is 15.0. The van der Waals surface area contributed by atoms with Gasteiger partial charge in [0, 0.05) is 44.2 Å². The van der Waals surface area contributed by atoms with Gasteiger partial charge in [-0.3, -0.25) is 14.6 Å². The van der Waals surface area contributed by atoms with Crippen molar-refractivity contribution in [1.29, 1.82) is 0 Å². The highest BCUT2D eigenvalue weighted by Gasteiger charge is 2.28. The minimum Gasteiger partial charge on any atom is -0.493 e. The Kier molecular flexibility index (Phi) is 5.22. The van der Waals surface area contributed by atoms with Crippen molar-refractivity contribution in [1.82, 2.24) is 15.1 Å². The van der Waals surface area contributed by atoms with Crippen molar-refractivity contribution in [3.05, 3.63) is 29.8 Å². The summed E-state index contributed by atoms with van der Waals surface area (Å²) in [6, 6.07) is 8.91. The molecule has 5 heteroatoms. The summed E-state index contributed by atoms with van der Waals surface area (Å²) in [6.07, 6.45) is 6.35. The lowest BCUT2D eigenvalue weighted by Crippen LogP contribution is -2.52. The molecule has 25 heavy (non-hydrogen) atoms. The van der Waals surface area contributed by atoms with E-state index >= 15 is 0 Å². The number of piperazine rings is 1. The van der Waals surface area contributed by atoms with Gasteiger partial charge in [0.25, 0.3) is 0 Å². The Balaban J connectivity index is 1.26. The number of rotatable bonds is 4. The number of hydrogen-bond donors (Lipinski definition) is 1. The fourth-order valence-electron chi connectivity index (χ4n) is 4.49. The van der Waals surface area contributed by atoms with Crippen molar-refractivity contribution in [2.45, 2.75) is 44.2 Å². The highest BCUT2D eigenvalue weighted by molar-refractivity contribution is 5.78. The fourth-order valence-corrected chi connectivity index (χ4v) is 4.49. The quantitative estimate of drug-likeness (QED) is 0.910. The third kappa shape index (κ3) is 3.98. The monoisotopic (exact) mass is 343 g/mol. The van der Waals surface area contributed by atoms with Crippen molar-refractivity contribution < 1.29 is 9.53 Å². The Labute approximate surface area is 150 Å². The predicted molar refractivity (Wildman–Crippen MR) is 97.7 cm³/mol.